The van der Waals surface area contributed by atoms with Gasteiger partial charge in [-0.1, -0.05) is 44.2 Å². The maximum absolute atomic E-state index is 12.1. The van der Waals surface area contributed by atoms with Gasteiger partial charge < -0.3 is 10.0 Å². The molecule has 4 heteroatoms. The van der Waals surface area contributed by atoms with Crippen LogP contribution >= 0.6 is 0 Å². The number of nitrogens with zero attached hydrogens (tertiary/aromatic N) is 2. The summed E-state index contributed by atoms with van der Waals surface area (Å²) in [5, 5.41) is 9.94. The van der Waals surface area contributed by atoms with Crippen LogP contribution in [0.4, 0.5) is 16.2 Å². The molecule has 0 fully saturated rings. The summed E-state index contributed by atoms with van der Waals surface area (Å²) in [7, 11) is 5.82. The largest absolute Gasteiger partial charge is 0.523 e. The second-order valence-corrected chi connectivity index (χ2v) is 7.30. The maximum atomic E-state index is 12.1. The molecule has 128 valence electrons. The van der Waals surface area contributed by atoms with Crippen molar-refractivity contribution in [2.75, 3.05) is 27.7 Å². The van der Waals surface area contributed by atoms with E-state index in [2.05, 4.69) is 24.8 Å². The van der Waals surface area contributed by atoms with Gasteiger partial charge in [0, 0.05) is 36.2 Å². The van der Waals surface area contributed by atoms with E-state index in [-0.39, 0.29) is 9.90 Å². The van der Waals surface area contributed by atoms with Crippen LogP contribution in [0.25, 0.3) is 0 Å². The summed E-state index contributed by atoms with van der Waals surface area (Å²) < 4.78 is -0.271. The fraction of sp³-hybridized carbons (Fsp3) is 0.350. The third kappa shape index (κ3) is 3.50. The summed E-state index contributed by atoms with van der Waals surface area (Å²) >= 11 is 0. The fourth-order valence-corrected chi connectivity index (χ4v) is 3.18. The van der Waals surface area contributed by atoms with E-state index in [9.17, 15) is 9.90 Å². The van der Waals surface area contributed by atoms with Gasteiger partial charge in [-0.2, -0.15) is 9.28 Å². The fourth-order valence-electron chi connectivity index (χ4n) is 3.18. The highest BCUT2D eigenvalue weighted by molar-refractivity contribution is 5.88. The number of hydrogen-bond donors (Lipinski definition) is 1. The highest BCUT2D eigenvalue weighted by Crippen LogP contribution is 2.35. The van der Waals surface area contributed by atoms with Gasteiger partial charge in [0.25, 0.3) is 0 Å². The van der Waals surface area contributed by atoms with E-state index < -0.39 is 6.09 Å². The molecule has 1 unspecified atom stereocenters. The van der Waals surface area contributed by atoms with E-state index in [0.29, 0.717) is 0 Å². The molecule has 24 heavy (non-hydrogen) atoms. The van der Waals surface area contributed by atoms with Gasteiger partial charge in [0.2, 0.25) is 0 Å². The van der Waals surface area contributed by atoms with Gasteiger partial charge in [-0.15, -0.1) is 0 Å². The summed E-state index contributed by atoms with van der Waals surface area (Å²) in [6.45, 7) is 5.25. The molecule has 1 amide bonds. The summed E-state index contributed by atoms with van der Waals surface area (Å²) in [4.78, 5) is 14.3. The molecule has 4 nitrogen and oxygen atoms in total. The van der Waals surface area contributed by atoms with Gasteiger partial charge in [0.05, 0.1) is 7.05 Å². The van der Waals surface area contributed by atoms with Crippen molar-refractivity contribution in [1.29, 1.82) is 0 Å². The summed E-state index contributed by atoms with van der Waals surface area (Å²) in [5.41, 5.74) is 2.54. The van der Waals surface area contributed by atoms with Crippen LogP contribution in [0, 0.1) is 0 Å². The quantitative estimate of drug-likeness (QED) is 0.824. The van der Waals surface area contributed by atoms with Crippen LogP contribution in [0.1, 0.15) is 19.4 Å². The van der Waals surface area contributed by atoms with E-state index in [1.54, 1.807) is 7.05 Å². The number of hydrogen-bond acceptors (Lipinski definition) is 2. The summed E-state index contributed by atoms with van der Waals surface area (Å²) in [6.07, 6.45) is -0.899. The van der Waals surface area contributed by atoms with Crippen LogP contribution in [0.3, 0.4) is 0 Å². The first kappa shape index (κ1) is 18.2. The van der Waals surface area contributed by atoms with E-state index in [1.165, 1.54) is 0 Å². The maximum Gasteiger partial charge on any atom is 0.523 e. The molecule has 0 aliphatic carbocycles. The molecule has 2 rings (SSSR count). The van der Waals surface area contributed by atoms with Crippen molar-refractivity contribution in [3.63, 3.8) is 0 Å². The first-order chi connectivity index (χ1) is 11.2. The number of likely N-dealkylation sites (N-methyl/N-ethyl adjacent to an activating group) is 1. The van der Waals surface area contributed by atoms with Crippen LogP contribution < -0.4 is 4.48 Å². The minimum Gasteiger partial charge on any atom is -0.435 e. The third-order valence-electron chi connectivity index (χ3n) is 4.51. The Hall–Kier alpha value is -2.17. The highest BCUT2D eigenvalue weighted by Gasteiger charge is 2.38. The first-order valence-corrected chi connectivity index (χ1v) is 8.09. The normalized spacial score (nSPS) is 14.4. The average Bonchev–Trinajstić information content (AvgIpc) is 2.53. The lowest BCUT2D eigenvalue weighted by Gasteiger charge is -2.31. The monoisotopic (exact) mass is 327 g/mol. The number of carboxylic acid groups (broad SMARTS) is 1. The van der Waals surface area contributed by atoms with Crippen molar-refractivity contribution in [3.05, 3.63) is 60.2 Å². The molecule has 0 aromatic heterocycles. The number of benzene rings is 2. The van der Waals surface area contributed by atoms with Crippen molar-refractivity contribution in [3.8, 4) is 0 Å². The summed E-state index contributed by atoms with van der Waals surface area (Å²) in [5.74, 6) is 0. The first-order valence-electron chi connectivity index (χ1n) is 8.09. The zero-order valence-corrected chi connectivity index (χ0v) is 15.2. The van der Waals surface area contributed by atoms with Gasteiger partial charge in [-0.25, -0.2) is 0 Å². The van der Waals surface area contributed by atoms with Gasteiger partial charge >= 0.3 is 6.09 Å². The average molecular weight is 327 g/mol. The molecule has 0 radical (unpaired) electrons. The van der Waals surface area contributed by atoms with Crippen LogP contribution in [0.15, 0.2) is 54.6 Å². The van der Waals surface area contributed by atoms with Crippen LogP contribution in [0.5, 0.6) is 0 Å². The molecule has 0 heterocycles. The number of rotatable bonds is 5. The predicted octanol–water partition coefficient (Wildman–Crippen LogP) is 4.47. The highest BCUT2D eigenvalue weighted by atomic mass is 16.4. The Labute approximate surface area is 144 Å². The Kier molecular flexibility index (Phi) is 5.11. The minimum absolute atomic E-state index is 0.0699. The zero-order chi connectivity index (χ0) is 18.0. The molecule has 2 aromatic rings. The molecule has 0 saturated carbocycles. The van der Waals surface area contributed by atoms with Crippen LogP contribution in [0.2, 0.25) is 0 Å². The molecule has 2 aromatic carbocycles. The lowest BCUT2D eigenvalue weighted by Crippen LogP contribution is -2.45. The number of quaternary nitrogens is 1. The molecular formula is C20H27N2O2+. The molecule has 0 spiro atoms. The van der Waals surface area contributed by atoms with E-state index in [0.717, 1.165) is 23.5 Å². The SMILES string of the molecule is CN(C)CC(C)(C)c1cccc([N+](C)(C(=O)O)c2ccccc2)c1. The Morgan fingerprint density at radius 3 is 2.17 bits per heavy atom. The van der Waals surface area contributed by atoms with E-state index in [4.69, 9.17) is 0 Å². The topological polar surface area (TPSA) is 40.5 Å². The lowest BCUT2D eigenvalue weighted by atomic mass is 9.84. The van der Waals surface area contributed by atoms with Gasteiger partial charge in [0.1, 0.15) is 11.4 Å². The van der Waals surface area contributed by atoms with Crippen molar-refractivity contribution < 1.29 is 9.90 Å². The van der Waals surface area contributed by atoms with Crippen molar-refractivity contribution in [1.82, 2.24) is 9.38 Å². The van der Waals surface area contributed by atoms with Gasteiger partial charge in [0.15, 0.2) is 0 Å². The van der Waals surface area contributed by atoms with Gasteiger partial charge in [-0.05, 0) is 19.7 Å². The molecular weight excluding hydrogens is 300 g/mol. The van der Waals surface area contributed by atoms with Crippen molar-refractivity contribution >= 4 is 17.5 Å². The minimum atomic E-state index is -0.899. The molecule has 1 N–H and O–H groups in total. The Morgan fingerprint density at radius 2 is 1.62 bits per heavy atom. The van der Waals surface area contributed by atoms with E-state index in [1.807, 2.05) is 62.6 Å². The van der Waals surface area contributed by atoms with Crippen molar-refractivity contribution in [2.24, 2.45) is 0 Å². The Morgan fingerprint density at radius 1 is 1.04 bits per heavy atom. The second-order valence-electron chi connectivity index (χ2n) is 7.30. The number of para-hydroxylation sites is 1. The molecule has 0 bridgehead atoms. The number of amides is 1. The molecule has 0 aliphatic rings. The second kappa shape index (κ2) is 6.75. The summed E-state index contributed by atoms with van der Waals surface area (Å²) in [6, 6.07) is 17.3. The Balaban J connectivity index is 2.54. The van der Waals surface area contributed by atoms with E-state index >= 15 is 0 Å². The standard InChI is InChI=1S/C20H26N2O2/c1-20(2,15-21(3)4)16-10-9-13-18(14-16)22(5,19(23)24)17-11-7-6-8-12-17/h6-14H,15H2,1-5H3/p+1. The zero-order valence-electron chi connectivity index (χ0n) is 15.2. The smallest absolute Gasteiger partial charge is 0.435 e. The van der Waals surface area contributed by atoms with Crippen molar-refractivity contribution in [2.45, 2.75) is 19.3 Å². The molecule has 1 atom stereocenters. The predicted molar refractivity (Wildman–Crippen MR) is 99.9 cm³/mol. The van der Waals surface area contributed by atoms with Crippen LogP contribution in [-0.4, -0.2) is 43.8 Å². The molecule has 0 aliphatic heterocycles. The van der Waals surface area contributed by atoms with Gasteiger partial charge in [-0.3, -0.25) is 0 Å². The van der Waals surface area contributed by atoms with Crippen LogP contribution in [-0.2, 0) is 5.41 Å². The number of carbonyl (C=O) groups is 1. The lowest BCUT2D eigenvalue weighted by molar-refractivity contribution is 0.172. The third-order valence-corrected chi connectivity index (χ3v) is 4.51. The Bertz CT molecular complexity index is 711. The molecule has 0 saturated heterocycles.